The van der Waals surface area contributed by atoms with Gasteiger partial charge in [-0.3, -0.25) is 9.69 Å². The Balaban J connectivity index is 1.71. The van der Waals surface area contributed by atoms with E-state index in [1.807, 2.05) is 0 Å². The number of anilines is 1. The van der Waals surface area contributed by atoms with Gasteiger partial charge in [-0.2, -0.15) is 0 Å². The number of carbonyl (C=O) groups is 1. The number of hydrogen-bond acceptors (Lipinski definition) is 6. The number of ether oxygens (including phenoxy) is 1. The van der Waals surface area contributed by atoms with Crippen molar-refractivity contribution in [3.8, 4) is 0 Å². The van der Waals surface area contributed by atoms with Crippen molar-refractivity contribution in [1.29, 1.82) is 0 Å². The van der Waals surface area contributed by atoms with Gasteiger partial charge in [-0.15, -0.1) is 0 Å². The van der Waals surface area contributed by atoms with E-state index in [-0.39, 0.29) is 39.5 Å². The lowest BCUT2D eigenvalue weighted by molar-refractivity contribution is 0.0917. The Kier molecular flexibility index (Phi) is 6.05. The highest BCUT2D eigenvalue weighted by Crippen LogP contribution is 2.33. The van der Waals surface area contributed by atoms with Crippen LogP contribution in [0.5, 0.6) is 0 Å². The van der Waals surface area contributed by atoms with Crippen LogP contribution in [0.15, 0.2) is 41.3 Å². The molecule has 1 unspecified atom stereocenters. The van der Waals surface area contributed by atoms with Gasteiger partial charge in [0.25, 0.3) is 5.91 Å². The second kappa shape index (κ2) is 8.60. The van der Waals surface area contributed by atoms with Gasteiger partial charge in [0.2, 0.25) is 0 Å². The molecule has 4 rings (SSSR count). The summed E-state index contributed by atoms with van der Waals surface area (Å²) in [6.45, 7) is 2.35. The minimum atomic E-state index is -3.39. The van der Waals surface area contributed by atoms with Crippen molar-refractivity contribution in [3.63, 3.8) is 0 Å². The predicted molar refractivity (Wildman–Crippen MR) is 114 cm³/mol. The molecule has 1 aliphatic rings. The average molecular weight is 467 g/mol. The molecule has 0 aliphatic carbocycles. The van der Waals surface area contributed by atoms with Crippen LogP contribution < -0.4 is 4.90 Å². The molecule has 0 bridgehead atoms. The number of fused-ring (bicyclic) bond motifs is 1. The van der Waals surface area contributed by atoms with Gasteiger partial charge in [0.05, 0.1) is 28.0 Å². The fourth-order valence-corrected chi connectivity index (χ4v) is 5.32. The molecular weight excluding hydrogens is 446 g/mol. The van der Waals surface area contributed by atoms with E-state index < -0.39 is 27.4 Å². The van der Waals surface area contributed by atoms with Crippen molar-refractivity contribution in [1.82, 2.24) is 4.98 Å². The topological polar surface area (TPSA) is 76.6 Å². The third-order valence-electron chi connectivity index (χ3n) is 5.13. The van der Waals surface area contributed by atoms with E-state index in [4.69, 9.17) is 4.74 Å². The number of amides is 1. The zero-order valence-electron chi connectivity index (χ0n) is 16.7. The first-order valence-corrected chi connectivity index (χ1v) is 12.3. The predicted octanol–water partition coefficient (Wildman–Crippen LogP) is 4.19. The number of aromatic nitrogens is 1. The van der Waals surface area contributed by atoms with Crippen molar-refractivity contribution in [2.24, 2.45) is 0 Å². The Morgan fingerprint density at radius 3 is 2.65 bits per heavy atom. The summed E-state index contributed by atoms with van der Waals surface area (Å²) in [5.74, 6) is -1.98. The molecule has 1 fully saturated rings. The Morgan fingerprint density at radius 1 is 1.26 bits per heavy atom. The fraction of sp³-hybridized carbons (Fsp3) is 0.333. The number of benzene rings is 2. The first kappa shape index (κ1) is 21.8. The Morgan fingerprint density at radius 2 is 2.00 bits per heavy atom. The van der Waals surface area contributed by atoms with Crippen molar-refractivity contribution in [3.05, 3.63) is 53.6 Å². The summed E-state index contributed by atoms with van der Waals surface area (Å²) in [5, 5.41) is 0.227. The maximum atomic E-state index is 14.2. The maximum Gasteiger partial charge on any atom is 0.260 e. The van der Waals surface area contributed by atoms with Crippen LogP contribution in [0.4, 0.5) is 13.9 Å². The highest BCUT2D eigenvalue weighted by Gasteiger charge is 2.28. The third-order valence-corrected chi connectivity index (χ3v) is 7.90. The van der Waals surface area contributed by atoms with Gasteiger partial charge in [0.1, 0.15) is 11.3 Å². The lowest BCUT2D eigenvalue weighted by Gasteiger charge is -2.23. The molecule has 1 saturated heterocycles. The van der Waals surface area contributed by atoms with E-state index >= 15 is 0 Å². The van der Waals surface area contributed by atoms with Crippen LogP contribution in [-0.4, -0.2) is 44.3 Å². The minimum absolute atomic E-state index is 0.00377. The first-order valence-electron chi connectivity index (χ1n) is 9.80. The zero-order chi connectivity index (χ0) is 22.2. The summed E-state index contributed by atoms with van der Waals surface area (Å²) in [6.07, 6.45) is 1.44. The summed E-state index contributed by atoms with van der Waals surface area (Å²) in [4.78, 5) is 19.1. The van der Waals surface area contributed by atoms with Gasteiger partial charge in [-0.25, -0.2) is 22.2 Å². The van der Waals surface area contributed by atoms with Crippen LogP contribution in [0, 0.1) is 11.6 Å². The number of halogens is 2. The molecule has 164 valence electrons. The van der Waals surface area contributed by atoms with Gasteiger partial charge in [-0.05, 0) is 43.2 Å². The molecule has 0 N–H and O–H groups in total. The van der Waals surface area contributed by atoms with Gasteiger partial charge in [0.15, 0.2) is 20.8 Å². The standard InChI is InChI=1S/C21H20F2N2O4S2/c1-2-31(27,28)16-7-5-13(6-8-16)20(26)25(12-15-4-3-9-29-15)21-24-19-17(23)10-14(22)11-18(19)30-21/h5-8,10-11,15H,2-4,9,12H2,1H3. The number of hydrogen-bond donors (Lipinski definition) is 0. The molecule has 1 aliphatic heterocycles. The minimum Gasteiger partial charge on any atom is -0.376 e. The van der Waals surface area contributed by atoms with E-state index in [1.165, 1.54) is 35.2 Å². The summed E-state index contributed by atoms with van der Waals surface area (Å²) in [5.41, 5.74) is 0.259. The largest absolute Gasteiger partial charge is 0.376 e. The second-order valence-electron chi connectivity index (χ2n) is 7.21. The van der Waals surface area contributed by atoms with Crippen LogP contribution in [-0.2, 0) is 14.6 Å². The number of rotatable bonds is 6. The van der Waals surface area contributed by atoms with Crippen LogP contribution in [0.1, 0.15) is 30.1 Å². The molecule has 2 heterocycles. The quantitative estimate of drug-likeness (QED) is 0.544. The normalized spacial score (nSPS) is 16.7. The summed E-state index contributed by atoms with van der Waals surface area (Å²) in [6, 6.07) is 7.61. The highest BCUT2D eigenvalue weighted by molar-refractivity contribution is 7.91. The van der Waals surface area contributed by atoms with Crippen molar-refractivity contribution < 1.29 is 26.7 Å². The lowest BCUT2D eigenvalue weighted by Crippen LogP contribution is -2.37. The third kappa shape index (κ3) is 4.46. The van der Waals surface area contributed by atoms with Gasteiger partial charge < -0.3 is 4.74 Å². The molecular formula is C21H20F2N2O4S2. The Hall–Kier alpha value is -2.43. The zero-order valence-corrected chi connectivity index (χ0v) is 18.3. The Labute approximate surface area is 182 Å². The summed E-state index contributed by atoms with van der Waals surface area (Å²) >= 11 is 1.01. The molecule has 0 spiro atoms. The van der Waals surface area contributed by atoms with E-state index in [0.29, 0.717) is 11.3 Å². The molecule has 0 radical (unpaired) electrons. The summed E-state index contributed by atoms with van der Waals surface area (Å²) in [7, 11) is -3.39. The monoisotopic (exact) mass is 466 g/mol. The molecule has 1 atom stereocenters. The molecule has 1 aromatic heterocycles. The molecule has 31 heavy (non-hydrogen) atoms. The van der Waals surface area contributed by atoms with Crippen LogP contribution >= 0.6 is 11.3 Å². The van der Waals surface area contributed by atoms with Crippen molar-refractivity contribution >= 4 is 42.4 Å². The number of carbonyl (C=O) groups excluding carboxylic acids is 1. The van der Waals surface area contributed by atoms with Crippen LogP contribution in [0.2, 0.25) is 0 Å². The molecule has 1 amide bonds. The fourth-order valence-electron chi connectivity index (χ4n) is 3.43. The van der Waals surface area contributed by atoms with E-state index in [0.717, 1.165) is 30.2 Å². The second-order valence-corrected chi connectivity index (χ2v) is 10.5. The Bertz CT molecular complexity index is 1220. The van der Waals surface area contributed by atoms with Crippen molar-refractivity contribution in [2.75, 3.05) is 23.8 Å². The SMILES string of the molecule is CCS(=O)(=O)c1ccc(C(=O)N(CC2CCCO2)c2nc3c(F)cc(F)cc3s2)cc1. The number of nitrogens with zero attached hydrogens (tertiary/aromatic N) is 2. The number of sulfone groups is 1. The smallest absolute Gasteiger partial charge is 0.260 e. The van der Waals surface area contributed by atoms with E-state index in [1.54, 1.807) is 6.92 Å². The van der Waals surface area contributed by atoms with Crippen LogP contribution in [0.3, 0.4) is 0 Å². The van der Waals surface area contributed by atoms with E-state index in [2.05, 4.69) is 4.98 Å². The average Bonchev–Trinajstić information content (AvgIpc) is 3.41. The van der Waals surface area contributed by atoms with Gasteiger partial charge in [-0.1, -0.05) is 18.3 Å². The summed E-state index contributed by atoms with van der Waals surface area (Å²) < 4.78 is 57.8. The first-order chi connectivity index (χ1) is 14.8. The van der Waals surface area contributed by atoms with Gasteiger partial charge in [0, 0.05) is 18.2 Å². The van der Waals surface area contributed by atoms with E-state index in [9.17, 15) is 22.0 Å². The lowest BCUT2D eigenvalue weighted by atomic mass is 10.2. The molecule has 2 aromatic carbocycles. The molecule has 3 aromatic rings. The maximum absolute atomic E-state index is 14.2. The number of thiazole rings is 1. The van der Waals surface area contributed by atoms with Crippen LogP contribution in [0.25, 0.3) is 10.2 Å². The highest BCUT2D eigenvalue weighted by atomic mass is 32.2. The van der Waals surface area contributed by atoms with Crippen molar-refractivity contribution in [2.45, 2.75) is 30.8 Å². The van der Waals surface area contributed by atoms with Gasteiger partial charge >= 0.3 is 0 Å². The molecule has 0 saturated carbocycles. The molecule has 6 nitrogen and oxygen atoms in total. The molecule has 10 heteroatoms.